The zero-order valence-electron chi connectivity index (χ0n) is 13.2. The van der Waals surface area contributed by atoms with Crippen molar-refractivity contribution in [1.82, 2.24) is 5.32 Å². The van der Waals surface area contributed by atoms with Crippen molar-refractivity contribution >= 4 is 17.7 Å². The lowest BCUT2D eigenvalue weighted by Crippen LogP contribution is -2.25. The minimum atomic E-state index is -4.32. The fourth-order valence-corrected chi connectivity index (χ4v) is 2.76. The Kier molecular flexibility index (Phi) is 6.31. The number of amides is 1. The molecular formula is C18H18F3NOS. The molecule has 24 heavy (non-hydrogen) atoms. The Balaban J connectivity index is 1.87. The van der Waals surface area contributed by atoms with E-state index in [0.29, 0.717) is 18.5 Å². The predicted octanol–water partition coefficient (Wildman–Crippen LogP) is 4.54. The Morgan fingerprint density at radius 2 is 1.79 bits per heavy atom. The van der Waals surface area contributed by atoms with Crippen molar-refractivity contribution < 1.29 is 18.0 Å². The number of hydrogen-bond acceptors (Lipinski definition) is 2. The average Bonchev–Trinajstić information content (AvgIpc) is 2.55. The molecule has 1 amide bonds. The molecule has 0 spiro atoms. The van der Waals surface area contributed by atoms with E-state index in [2.05, 4.69) is 5.32 Å². The van der Waals surface area contributed by atoms with Crippen LogP contribution in [-0.2, 0) is 18.3 Å². The van der Waals surface area contributed by atoms with Crippen molar-refractivity contribution in [2.75, 3.05) is 12.8 Å². The lowest BCUT2D eigenvalue weighted by molar-refractivity contribution is -0.137. The number of alkyl halides is 3. The summed E-state index contributed by atoms with van der Waals surface area (Å²) in [7, 11) is 0. The van der Waals surface area contributed by atoms with E-state index in [-0.39, 0.29) is 5.91 Å². The normalized spacial score (nSPS) is 11.3. The molecule has 2 nitrogen and oxygen atoms in total. The second-order valence-corrected chi connectivity index (χ2v) is 6.20. The molecule has 0 unspecified atom stereocenters. The Morgan fingerprint density at radius 3 is 2.42 bits per heavy atom. The van der Waals surface area contributed by atoms with Gasteiger partial charge in [-0.25, -0.2) is 0 Å². The van der Waals surface area contributed by atoms with Gasteiger partial charge in [-0.05, 0) is 48.1 Å². The number of nitrogens with one attached hydrogen (secondary N) is 1. The third-order valence-electron chi connectivity index (χ3n) is 3.48. The fraction of sp³-hybridized carbons (Fsp3) is 0.278. The van der Waals surface area contributed by atoms with Crippen LogP contribution in [0.5, 0.6) is 0 Å². The van der Waals surface area contributed by atoms with Crippen molar-refractivity contribution in [3.05, 3.63) is 70.8 Å². The van der Waals surface area contributed by atoms with Gasteiger partial charge in [0.25, 0.3) is 5.91 Å². The van der Waals surface area contributed by atoms with Gasteiger partial charge in [0.2, 0.25) is 0 Å². The second kappa shape index (κ2) is 8.24. The minimum Gasteiger partial charge on any atom is -0.352 e. The number of hydrogen-bond donors (Lipinski definition) is 1. The van der Waals surface area contributed by atoms with Crippen molar-refractivity contribution in [2.24, 2.45) is 0 Å². The Morgan fingerprint density at radius 1 is 1.08 bits per heavy atom. The molecule has 2 aromatic carbocycles. The van der Waals surface area contributed by atoms with Gasteiger partial charge in [-0.2, -0.15) is 24.9 Å². The molecule has 0 bridgehead atoms. The van der Waals surface area contributed by atoms with Gasteiger partial charge in [0.1, 0.15) is 0 Å². The number of halogens is 3. The molecular weight excluding hydrogens is 335 g/mol. The van der Waals surface area contributed by atoms with Crippen molar-refractivity contribution in [2.45, 2.75) is 18.3 Å². The summed E-state index contributed by atoms with van der Waals surface area (Å²) in [6.07, 6.45) is -1.85. The third-order valence-corrected chi connectivity index (χ3v) is 4.10. The molecule has 0 fully saturated rings. The summed E-state index contributed by atoms with van der Waals surface area (Å²) in [5.41, 5.74) is 1.76. The average molecular weight is 353 g/mol. The first-order valence-corrected chi connectivity index (χ1v) is 8.82. The molecule has 0 radical (unpaired) electrons. The highest BCUT2D eigenvalue weighted by Crippen LogP contribution is 2.29. The summed E-state index contributed by atoms with van der Waals surface area (Å²) in [4.78, 5) is 12.1. The van der Waals surface area contributed by atoms with Crippen LogP contribution in [0.4, 0.5) is 13.2 Å². The SMILES string of the molecule is CSCc1cccc(C(=O)NCCc2ccc(C(F)(F)F)cc2)c1. The van der Waals surface area contributed by atoms with Crippen LogP contribution in [0, 0.1) is 0 Å². The Hall–Kier alpha value is -1.95. The van der Waals surface area contributed by atoms with Crippen LogP contribution in [0.1, 0.15) is 27.0 Å². The minimum absolute atomic E-state index is 0.176. The molecule has 2 aromatic rings. The fourth-order valence-electron chi connectivity index (χ4n) is 2.25. The lowest BCUT2D eigenvalue weighted by Gasteiger charge is -2.09. The highest BCUT2D eigenvalue weighted by atomic mass is 32.2. The highest BCUT2D eigenvalue weighted by Gasteiger charge is 2.29. The molecule has 1 N–H and O–H groups in total. The van der Waals surface area contributed by atoms with Crippen LogP contribution in [0.25, 0.3) is 0 Å². The van der Waals surface area contributed by atoms with E-state index < -0.39 is 11.7 Å². The van der Waals surface area contributed by atoms with Crippen LogP contribution < -0.4 is 5.32 Å². The van der Waals surface area contributed by atoms with Crippen LogP contribution in [0.15, 0.2) is 48.5 Å². The number of thioether (sulfide) groups is 1. The maximum atomic E-state index is 12.5. The van der Waals surface area contributed by atoms with Gasteiger partial charge >= 0.3 is 6.18 Å². The van der Waals surface area contributed by atoms with E-state index in [0.717, 1.165) is 29.0 Å². The first-order valence-electron chi connectivity index (χ1n) is 7.42. The summed E-state index contributed by atoms with van der Waals surface area (Å²) in [6.45, 7) is 0.372. The second-order valence-electron chi connectivity index (χ2n) is 5.33. The van der Waals surface area contributed by atoms with Crippen LogP contribution in [0.2, 0.25) is 0 Å². The van der Waals surface area contributed by atoms with Crippen LogP contribution in [-0.4, -0.2) is 18.7 Å². The van der Waals surface area contributed by atoms with E-state index in [1.54, 1.807) is 17.8 Å². The van der Waals surface area contributed by atoms with E-state index in [1.807, 2.05) is 24.5 Å². The number of rotatable bonds is 6. The largest absolute Gasteiger partial charge is 0.416 e. The standard InChI is InChI=1S/C18H18F3NOS/c1-24-12-14-3-2-4-15(11-14)17(23)22-10-9-13-5-7-16(8-6-13)18(19,20)21/h2-8,11H,9-10,12H2,1H3,(H,22,23). The van der Waals surface area contributed by atoms with Crippen molar-refractivity contribution in [1.29, 1.82) is 0 Å². The third kappa shape index (κ3) is 5.30. The maximum Gasteiger partial charge on any atom is 0.416 e. The molecule has 0 heterocycles. The molecule has 0 aromatic heterocycles. The molecule has 2 rings (SSSR count). The van der Waals surface area contributed by atoms with Gasteiger partial charge in [0.05, 0.1) is 5.56 Å². The summed E-state index contributed by atoms with van der Waals surface area (Å²) < 4.78 is 37.5. The molecule has 0 atom stereocenters. The van der Waals surface area contributed by atoms with Gasteiger partial charge < -0.3 is 5.32 Å². The summed E-state index contributed by atoms with van der Waals surface area (Å²) in [5, 5.41) is 2.79. The van der Waals surface area contributed by atoms with Gasteiger partial charge in [0, 0.05) is 17.9 Å². The molecule has 0 saturated heterocycles. The molecule has 0 aliphatic heterocycles. The van der Waals surface area contributed by atoms with E-state index in [4.69, 9.17) is 0 Å². The molecule has 0 aliphatic carbocycles. The van der Waals surface area contributed by atoms with Crippen molar-refractivity contribution in [3.63, 3.8) is 0 Å². The molecule has 128 valence electrons. The summed E-state index contributed by atoms with van der Waals surface area (Å²) in [6, 6.07) is 12.4. The number of carbonyl (C=O) groups is 1. The maximum absolute atomic E-state index is 12.5. The van der Waals surface area contributed by atoms with Crippen molar-refractivity contribution in [3.8, 4) is 0 Å². The summed E-state index contributed by atoms with van der Waals surface area (Å²) >= 11 is 1.68. The Bertz CT molecular complexity index is 683. The molecule has 0 saturated carbocycles. The van der Waals surface area contributed by atoms with Gasteiger partial charge in [-0.1, -0.05) is 24.3 Å². The first-order chi connectivity index (χ1) is 11.4. The monoisotopic (exact) mass is 353 g/mol. The predicted molar refractivity (Wildman–Crippen MR) is 91.1 cm³/mol. The van der Waals surface area contributed by atoms with E-state index in [1.165, 1.54) is 12.1 Å². The number of benzene rings is 2. The zero-order chi connectivity index (χ0) is 17.6. The lowest BCUT2D eigenvalue weighted by atomic mass is 10.1. The Labute approximate surface area is 143 Å². The van der Waals surface area contributed by atoms with Gasteiger partial charge in [-0.15, -0.1) is 0 Å². The quantitative estimate of drug-likeness (QED) is 0.826. The number of carbonyl (C=O) groups excluding carboxylic acids is 1. The molecule has 6 heteroatoms. The van der Waals surface area contributed by atoms with E-state index in [9.17, 15) is 18.0 Å². The van der Waals surface area contributed by atoms with Gasteiger partial charge in [-0.3, -0.25) is 4.79 Å². The first kappa shape index (κ1) is 18.4. The van der Waals surface area contributed by atoms with E-state index >= 15 is 0 Å². The topological polar surface area (TPSA) is 29.1 Å². The van der Waals surface area contributed by atoms with Crippen LogP contribution >= 0.6 is 11.8 Å². The highest BCUT2D eigenvalue weighted by molar-refractivity contribution is 7.97. The van der Waals surface area contributed by atoms with Gasteiger partial charge in [0.15, 0.2) is 0 Å². The summed E-state index contributed by atoms with van der Waals surface area (Å²) in [5.74, 6) is 0.664. The smallest absolute Gasteiger partial charge is 0.352 e. The van der Waals surface area contributed by atoms with Crippen LogP contribution in [0.3, 0.4) is 0 Å². The molecule has 0 aliphatic rings. The zero-order valence-corrected chi connectivity index (χ0v) is 14.0.